The van der Waals surface area contributed by atoms with Gasteiger partial charge < -0.3 is 9.88 Å². The molecule has 6 heteroatoms. The van der Waals surface area contributed by atoms with E-state index in [1.54, 1.807) is 20.0 Å². The van der Waals surface area contributed by atoms with Crippen molar-refractivity contribution in [1.29, 1.82) is 0 Å². The second-order valence-electron chi connectivity index (χ2n) is 4.23. The van der Waals surface area contributed by atoms with Crippen molar-refractivity contribution in [2.45, 2.75) is 39.1 Å². The van der Waals surface area contributed by atoms with Gasteiger partial charge in [-0.05, 0) is 20.4 Å². The van der Waals surface area contributed by atoms with Crippen molar-refractivity contribution in [1.82, 2.24) is 14.9 Å². The molecule has 0 saturated heterocycles. The van der Waals surface area contributed by atoms with Crippen LogP contribution in [0.15, 0.2) is 12.4 Å². The summed E-state index contributed by atoms with van der Waals surface area (Å²) in [6, 6.07) is 0. The average molecular weight is 259 g/mol. The van der Waals surface area contributed by atoms with E-state index < -0.39 is 9.84 Å². The Kier molecular flexibility index (Phi) is 5.14. The molecule has 0 amide bonds. The number of imidazole rings is 1. The van der Waals surface area contributed by atoms with E-state index in [0.717, 1.165) is 12.4 Å². The Hall–Kier alpha value is -0.880. The summed E-state index contributed by atoms with van der Waals surface area (Å²) >= 11 is 0. The van der Waals surface area contributed by atoms with Gasteiger partial charge in [-0.25, -0.2) is 13.4 Å². The molecule has 0 spiro atoms. The summed E-state index contributed by atoms with van der Waals surface area (Å²) in [4.78, 5) is 4.20. The van der Waals surface area contributed by atoms with Crippen LogP contribution in [0.5, 0.6) is 0 Å². The van der Waals surface area contributed by atoms with E-state index >= 15 is 0 Å². The Morgan fingerprint density at radius 2 is 2.18 bits per heavy atom. The van der Waals surface area contributed by atoms with Gasteiger partial charge in [-0.2, -0.15) is 0 Å². The highest BCUT2D eigenvalue weighted by atomic mass is 32.2. The molecule has 1 rings (SSSR count). The third-order valence-electron chi connectivity index (χ3n) is 2.67. The van der Waals surface area contributed by atoms with Crippen LogP contribution >= 0.6 is 0 Å². The topological polar surface area (TPSA) is 64.0 Å². The molecular weight excluding hydrogens is 238 g/mol. The molecule has 1 N–H and O–H groups in total. The molecule has 0 radical (unpaired) electrons. The first kappa shape index (κ1) is 14.2. The van der Waals surface area contributed by atoms with E-state index in [-0.39, 0.29) is 11.0 Å². The van der Waals surface area contributed by atoms with Crippen molar-refractivity contribution in [2.24, 2.45) is 0 Å². The van der Waals surface area contributed by atoms with Gasteiger partial charge in [0, 0.05) is 18.9 Å². The van der Waals surface area contributed by atoms with Crippen molar-refractivity contribution in [2.75, 3.05) is 12.3 Å². The fraction of sp³-hybridized carbons (Fsp3) is 0.727. The van der Waals surface area contributed by atoms with E-state index in [2.05, 4.69) is 10.3 Å². The predicted molar refractivity (Wildman–Crippen MR) is 68.5 cm³/mol. The largest absolute Gasteiger partial charge is 0.333 e. The Morgan fingerprint density at radius 3 is 2.76 bits per heavy atom. The van der Waals surface area contributed by atoms with E-state index in [1.807, 2.05) is 17.7 Å². The van der Waals surface area contributed by atoms with Crippen LogP contribution in [0, 0.1) is 0 Å². The van der Waals surface area contributed by atoms with Crippen LogP contribution < -0.4 is 5.32 Å². The normalized spacial score (nSPS) is 12.2. The molecule has 1 heterocycles. The Bertz CT molecular complexity index is 437. The predicted octanol–water partition coefficient (Wildman–Crippen LogP) is 0.816. The SMILES string of the molecule is CCNCc1nccn1CCS(=O)(=O)C(C)C. The number of aryl methyl sites for hydroxylation is 1. The van der Waals surface area contributed by atoms with Crippen molar-refractivity contribution in [3.8, 4) is 0 Å². The van der Waals surface area contributed by atoms with Gasteiger partial charge in [0.2, 0.25) is 0 Å². The first-order valence-corrected chi connectivity index (χ1v) is 7.61. The molecule has 0 bridgehead atoms. The Labute approximate surface area is 103 Å². The first-order chi connectivity index (χ1) is 7.97. The van der Waals surface area contributed by atoms with Gasteiger partial charge in [-0.1, -0.05) is 6.92 Å². The van der Waals surface area contributed by atoms with Crippen molar-refractivity contribution < 1.29 is 8.42 Å². The van der Waals surface area contributed by atoms with Gasteiger partial charge in [-0.15, -0.1) is 0 Å². The molecule has 1 aromatic rings. The quantitative estimate of drug-likeness (QED) is 0.787. The smallest absolute Gasteiger partial charge is 0.154 e. The van der Waals surface area contributed by atoms with Gasteiger partial charge in [0.15, 0.2) is 9.84 Å². The molecule has 0 unspecified atom stereocenters. The molecule has 0 saturated carbocycles. The third kappa shape index (κ3) is 4.12. The lowest BCUT2D eigenvalue weighted by atomic mass is 10.5. The second kappa shape index (κ2) is 6.16. The summed E-state index contributed by atoms with van der Waals surface area (Å²) in [5.74, 6) is 1.05. The highest BCUT2D eigenvalue weighted by Gasteiger charge is 2.16. The van der Waals surface area contributed by atoms with Crippen molar-refractivity contribution in [3.05, 3.63) is 18.2 Å². The molecule has 0 aliphatic heterocycles. The van der Waals surface area contributed by atoms with E-state index in [0.29, 0.717) is 13.1 Å². The van der Waals surface area contributed by atoms with E-state index in [4.69, 9.17) is 0 Å². The van der Waals surface area contributed by atoms with Crippen LogP contribution in [0.4, 0.5) is 0 Å². The Morgan fingerprint density at radius 1 is 1.47 bits per heavy atom. The maximum absolute atomic E-state index is 11.7. The maximum atomic E-state index is 11.7. The standard InChI is InChI=1S/C11H21N3O2S/c1-4-12-9-11-13-5-6-14(11)7-8-17(15,16)10(2)3/h5-6,10,12H,4,7-9H2,1-3H3. The van der Waals surface area contributed by atoms with Crippen LogP contribution in [0.25, 0.3) is 0 Å². The van der Waals surface area contributed by atoms with Crippen molar-refractivity contribution in [3.63, 3.8) is 0 Å². The zero-order chi connectivity index (χ0) is 12.9. The van der Waals surface area contributed by atoms with Crippen molar-refractivity contribution >= 4 is 9.84 Å². The number of rotatable bonds is 7. The molecule has 0 aliphatic rings. The Balaban J connectivity index is 2.61. The minimum atomic E-state index is -2.98. The number of sulfone groups is 1. The molecule has 17 heavy (non-hydrogen) atoms. The van der Waals surface area contributed by atoms with E-state index in [1.165, 1.54) is 0 Å². The minimum Gasteiger partial charge on any atom is -0.333 e. The van der Waals surface area contributed by atoms with Crippen LogP contribution in [0.2, 0.25) is 0 Å². The first-order valence-electron chi connectivity index (χ1n) is 5.89. The van der Waals surface area contributed by atoms with Gasteiger partial charge in [0.05, 0.1) is 17.5 Å². The molecule has 0 aliphatic carbocycles. The number of hydrogen-bond donors (Lipinski definition) is 1. The molecule has 0 atom stereocenters. The van der Waals surface area contributed by atoms with Gasteiger partial charge in [0.25, 0.3) is 0 Å². The summed E-state index contributed by atoms with van der Waals surface area (Å²) in [5, 5.41) is 2.86. The maximum Gasteiger partial charge on any atom is 0.154 e. The van der Waals surface area contributed by atoms with Gasteiger partial charge in [-0.3, -0.25) is 0 Å². The summed E-state index contributed by atoms with van der Waals surface area (Å²) in [6.45, 7) is 7.46. The van der Waals surface area contributed by atoms with Gasteiger partial charge >= 0.3 is 0 Å². The third-order valence-corrected chi connectivity index (χ3v) is 4.86. The fourth-order valence-electron chi connectivity index (χ4n) is 1.41. The summed E-state index contributed by atoms with van der Waals surface area (Å²) in [6.07, 6.45) is 3.52. The van der Waals surface area contributed by atoms with Gasteiger partial charge in [0.1, 0.15) is 5.82 Å². The number of nitrogens with zero attached hydrogens (tertiary/aromatic N) is 2. The molecule has 5 nitrogen and oxygen atoms in total. The molecular formula is C11H21N3O2S. The summed E-state index contributed by atoms with van der Waals surface area (Å²) < 4.78 is 25.3. The summed E-state index contributed by atoms with van der Waals surface area (Å²) in [5.41, 5.74) is 0. The highest BCUT2D eigenvalue weighted by Crippen LogP contribution is 2.04. The van der Waals surface area contributed by atoms with Crippen LogP contribution in [-0.2, 0) is 22.9 Å². The number of hydrogen-bond acceptors (Lipinski definition) is 4. The molecule has 0 fully saturated rings. The van der Waals surface area contributed by atoms with E-state index in [9.17, 15) is 8.42 Å². The zero-order valence-corrected chi connectivity index (χ0v) is 11.5. The lowest BCUT2D eigenvalue weighted by Gasteiger charge is -2.10. The molecule has 1 aromatic heterocycles. The molecule has 0 aromatic carbocycles. The van der Waals surface area contributed by atoms with Crippen LogP contribution in [-0.4, -0.2) is 35.5 Å². The summed E-state index contributed by atoms with van der Waals surface area (Å²) in [7, 11) is -2.98. The van der Waals surface area contributed by atoms with Crippen LogP contribution in [0.1, 0.15) is 26.6 Å². The fourth-order valence-corrected chi connectivity index (χ4v) is 2.33. The minimum absolute atomic E-state index is 0.167. The lowest BCUT2D eigenvalue weighted by Crippen LogP contribution is -2.23. The average Bonchev–Trinajstić information content (AvgIpc) is 2.71. The zero-order valence-electron chi connectivity index (χ0n) is 10.7. The number of nitrogens with one attached hydrogen (secondary N) is 1. The number of aromatic nitrogens is 2. The lowest BCUT2D eigenvalue weighted by molar-refractivity contribution is 0.574. The monoisotopic (exact) mass is 259 g/mol. The van der Waals surface area contributed by atoms with Crippen LogP contribution in [0.3, 0.4) is 0 Å². The highest BCUT2D eigenvalue weighted by molar-refractivity contribution is 7.91. The molecule has 98 valence electrons. The second-order valence-corrected chi connectivity index (χ2v) is 6.91.